The van der Waals surface area contributed by atoms with Gasteiger partial charge in [0.25, 0.3) is 0 Å². The van der Waals surface area contributed by atoms with Gasteiger partial charge in [-0.15, -0.1) is 11.3 Å². The number of esters is 1. The Morgan fingerprint density at radius 1 is 1.04 bits per heavy atom. The van der Waals surface area contributed by atoms with Crippen molar-refractivity contribution in [3.05, 3.63) is 63.6 Å². The van der Waals surface area contributed by atoms with Crippen molar-refractivity contribution in [1.82, 2.24) is 4.98 Å². The molecular formula is C18H13Cl2NO3S. The number of hydrogen-bond donors (Lipinski definition) is 0. The molecule has 0 aliphatic heterocycles. The zero-order valence-corrected chi connectivity index (χ0v) is 15.5. The summed E-state index contributed by atoms with van der Waals surface area (Å²) < 4.78 is 10.8. The number of carbonyl (C=O) groups is 1. The van der Waals surface area contributed by atoms with Gasteiger partial charge < -0.3 is 9.47 Å². The van der Waals surface area contributed by atoms with Crippen LogP contribution in [-0.4, -0.2) is 18.1 Å². The number of ether oxygens (including phenoxy) is 2. The molecule has 7 heteroatoms. The van der Waals surface area contributed by atoms with Gasteiger partial charge in [-0.25, -0.2) is 4.98 Å². The summed E-state index contributed by atoms with van der Waals surface area (Å²) in [5, 5.41) is 1.38. The van der Waals surface area contributed by atoms with Crippen LogP contribution >= 0.6 is 34.5 Å². The third-order valence-corrected chi connectivity index (χ3v) is 4.98. The fourth-order valence-electron chi connectivity index (χ4n) is 2.11. The molecule has 0 amide bonds. The fraction of sp³-hybridized carbons (Fsp3) is 0.111. The molecule has 3 rings (SSSR count). The zero-order valence-electron chi connectivity index (χ0n) is 13.2. The molecule has 3 aromatic rings. The SMILES string of the molecule is COc1ccc(OC(=O)Cc2nc(-c3ccc(Cl)cc3)sc2Cl)cc1. The van der Waals surface area contributed by atoms with Gasteiger partial charge >= 0.3 is 5.97 Å². The molecule has 0 N–H and O–H groups in total. The smallest absolute Gasteiger partial charge is 0.317 e. The Balaban J connectivity index is 1.69. The average Bonchev–Trinajstić information content (AvgIpc) is 2.96. The van der Waals surface area contributed by atoms with E-state index in [0.717, 1.165) is 10.6 Å². The van der Waals surface area contributed by atoms with Crippen molar-refractivity contribution in [2.45, 2.75) is 6.42 Å². The van der Waals surface area contributed by atoms with Gasteiger partial charge in [0.1, 0.15) is 20.8 Å². The Kier molecular flexibility index (Phi) is 5.58. The Morgan fingerprint density at radius 2 is 1.68 bits per heavy atom. The maximum absolute atomic E-state index is 12.1. The van der Waals surface area contributed by atoms with Crippen molar-refractivity contribution >= 4 is 40.5 Å². The Hall–Kier alpha value is -2.08. The molecule has 25 heavy (non-hydrogen) atoms. The van der Waals surface area contributed by atoms with Crippen LogP contribution in [0.15, 0.2) is 48.5 Å². The maximum Gasteiger partial charge on any atom is 0.317 e. The highest BCUT2D eigenvalue weighted by molar-refractivity contribution is 7.19. The quantitative estimate of drug-likeness (QED) is 0.437. The summed E-state index contributed by atoms with van der Waals surface area (Å²) in [6, 6.07) is 14.0. The van der Waals surface area contributed by atoms with Crippen LogP contribution in [0.5, 0.6) is 11.5 Å². The first kappa shape index (κ1) is 17.7. The standard InChI is InChI=1S/C18H13Cl2NO3S/c1-23-13-6-8-14(9-7-13)24-16(22)10-15-17(20)25-18(21-15)11-2-4-12(19)5-3-11/h2-9H,10H2,1H3. The number of hydrogen-bond acceptors (Lipinski definition) is 5. The molecule has 0 aliphatic carbocycles. The molecule has 1 heterocycles. The van der Waals surface area contributed by atoms with Crippen LogP contribution in [0, 0.1) is 0 Å². The van der Waals surface area contributed by atoms with Crippen LogP contribution in [-0.2, 0) is 11.2 Å². The van der Waals surface area contributed by atoms with Crippen LogP contribution in [0.3, 0.4) is 0 Å². The minimum Gasteiger partial charge on any atom is -0.497 e. The molecule has 0 saturated carbocycles. The van der Waals surface area contributed by atoms with Gasteiger partial charge in [0.05, 0.1) is 19.2 Å². The topological polar surface area (TPSA) is 48.4 Å². The van der Waals surface area contributed by atoms with E-state index in [1.54, 1.807) is 43.5 Å². The molecule has 0 bridgehead atoms. The van der Waals surface area contributed by atoms with Crippen molar-refractivity contribution in [3.8, 4) is 22.1 Å². The minimum atomic E-state index is -0.431. The molecule has 0 atom stereocenters. The number of benzene rings is 2. The fourth-order valence-corrected chi connectivity index (χ4v) is 3.38. The number of nitrogens with zero attached hydrogens (tertiary/aromatic N) is 1. The number of methoxy groups -OCH3 is 1. The number of rotatable bonds is 5. The first-order chi connectivity index (χ1) is 12.0. The lowest BCUT2D eigenvalue weighted by Crippen LogP contribution is -2.11. The highest BCUT2D eigenvalue weighted by Gasteiger charge is 2.16. The van der Waals surface area contributed by atoms with E-state index in [9.17, 15) is 4.79 Å². The van der Waals surface area contributed by atoms with Gasteiger partial charge in [0, 0.05) is 10.6 Å². The van der Waals surface area contributed by atoms with Crippen molar-refractivity contribution in [2.75, 3.05) is 7.11 Å². The Bertz CT molecular complexity index is 876. The second-order valence-corrected chi connectivity index (χ2v) is 7.11. The summed E-state index contributed by atoms with van der Waals surface area (Å²) in [5.41, 5.74) is 1.39. The molecule has 0 aliphatic rings. The number of thiazole rings is 1. The Morgan fingerprint density at radius 3 is 2.32 bits per heavy atom. The molecule has 2 aromatic carbocycles. The van der Waals surface area contributed by atoms with E-state index in [4.69, 9.17) is 32.7 Å². The molecule has 0 saturated heterocycles. The van der Waals surface area contributed by atoms with Gasteiger partial charge in [0.2, 0.25) is 0 Å². The summed E-state index contributed by atoms with van der Waals surface area (Å²) in [6.45, 7) is 0. The van der Waals surface area contributed by atoms with Crippen LogP contribution < -0.4 is 9.47 Å². The van der Waals surface area contributed by atoms with E-state index in [1.165, 1.54) is 11.3 Å². The van der Waals surface area contributed by atoms with E-state index in [0.29, 0.717) is 26.6 Å². The predicted molar refractivity (Wildman–Crippen MR) is 99.9 cm³/mol. The number of halogens is 2. The summed E-state index contributed by atoms with van der Waals surface area (Å²) >= 11 is 13.4. The zero-order chi connectivity index (χ0) is 17.8. The molecular weight excluding hydrogens is 381 g/mol. The molecule has 0 unspecified atom stereocenters. The minimum absolute atomic E-state index is 0.00501. The third kappa shape index (κ3) is 4.51. The second kappa shape index (κ2) is 7.87. The monoisotopic (exact) mass is 393 g/mol. The van der Waals surface area contributed by atoms with Crippen molar-refractivity contribution in [1.29, 1.82) is 0 Å². The van der Waals surface area contributed by atoms with Crippen LogP contribution in [0.4, 0.5) is 0 Å². The van der Waals surface area contributed by atoms with Gasteiger partial charge in [-0.3, -0.25) is 4.79 Å². The number of aromatic nitrogens is 1. The lowest BCUT2D eigenvalue weighted by Gasteiger charge is -2.04. The summed E-state index contributed by atoms with van der Waals surface area (Å²) in [5.74, 6) is 0.699. The van der Waals surface area contributed by atoms with E-state index in [1.807, 2.05) is 12.1 Å². The third-order valence-electron chi connectivity index (χ3n) is 3.34. The normalized spacial score (nSPS) is 10.5. The van der Waals surface area contributed by atoms with Crippen LogP contribution in [0.2, 0.25) is 9.36 Å². The van der Waals surface area contributed by atoms with Gasteiger partial charge in [0.15, 0.2) is 0 Å². The molecule has 0 spiro atoms. The largest absolute Gasteiger partial charge is 0.497 e. The Labute approximate surface area is 158 Å². The first-order valence-electron chi connectivity index (χ1n) is 7.31. The first-order valence-corrected chi connectivity index (χ1v) is 8.88. The van der Waals surface area contributed by atoms with Crippen molar-refractivity contribution < 1.29 is 14.3 Å². The average molecular weight is 394 g/mol. The summed E-state index contributed by atoms with van der Waals surface area (Å²) in [4.78, 5) is 16.6. The van der Waals surface area contributed by atoms with Crippen molar-refractivity contribution in [3.63, 3.8) is 0 Å². The van der Waals surface area contributed by atoms with Gasteiger partial charge in [-0.05, 0) is 36.4 Å². The lowest BCUT2D eigenvalue weighted by atomic mass is 10.2. The molecule has 0 radical (unpaired) electrons. The van der Waals surface area contributed by atoms with E-state index in [2.05, 4.69) is 4.98 Å². The van der Waals surface area contributed by atoms with Crippen LogP contribution in [0.1, 0.15) is 5.69 Å². The molecule has 4 nitrogen and oxygen atoms in total. The lowest BCUT2D eigenvalue weighted by molar-refractivity contribution is -0.133. The maximum atomic E-state index is 12.1. The van der Waals surface area contributed by atoms with E-state index < -0.39 is 5.97 Å². The summed E-state index contributed by atoms with van der Waals surface area (Å²) in [7, 11) is 1.57. The molecule has 1 aromatic heterocycles. The highest BCUT2D eigenvalue weighted by Crippen LogP contribution is 2.32. The van der Waals surface area contributed by atoms with E-state index in [-0.39, 0.29) is 6.42 Å². The van der Waals surface area contributed by atoms with Gasteiger partial charge in [-0.2, -0.15) is 0 Å². The van der Waals surface area contributed by atoms with E-state index >= 15 is 0 Å². The van der Waals surface area contributed by atoms with Gasteiger partial charge in [-0.1, -0.05) is 35.3 Å². The second-order valence-electron chi connectivity index (χ2n) is 5.07. The van der Waals surface area contributed by atoms with Crippen molar-refractivity contribution in [2.24, 2.45) is 0 Å². The molecule has 0 fully saturated rings. The molecule has 128 valence electrons. The highest BCUT2D eigenvalue weighted by atomic mass is 35.5. The number of carbonyl (C=O) groups excluding carboxylic acids is 1. The summed E-state index contributed by atoms with van der Waals surface area (Å²) in [6.07, 6.45) is -0.00501. The van der Waals surface area contributed by atoms with Crippen LogP contribution in [0.25, 0.3) is 10.6 Å². The predicted octanol–water partition coefficient (Wildman–Crippen LogP) is 5.27.